The van der Waals surface area contributed by atoms with Crippen molar-refractivity contribution in [3.05, 3.63) is 22.7 Å². The molecular formula is C6H8BrN3O. The number of halogens is 1. The Morgan fingerprint density at radius 1 is 1.73 bits per heavy atom. The van der Waals surface area contributed by atoms with Gasteiger partial charge in [0, 0.05) is 6.20 Å². The van der Waals surface area contributed by atoms with Gasteiger partial charge in [0.05, 0.1) is 22.8 Å². The second-order valence-corrected chi connectivity index (χ2v) is 2.90. The van der Waals surface area contributed by atoms with Gasteiger partial charge in [-0.05, 0) is 15.9 Å². The molecule has 1 aromatic rings. The van der Waals surface area contributed by atoms with E-state index in [0.29, 0.717) is 5.69 Å². The molecule has 1 aromatic heterocycles. The van der Waals surface area contributed by atoms with Crippen molar-refractivity contribution in [2.75, 3.05) is 6.61 Å². The highest BCUT2D eigenvalue weighted by Gasteiger charge is 2.08. The number of aliphatic hydroxyl groups excluding tert-OH is 1. The number of aliphatic hydroxyl groups is 1. The number of nitrogens with two attached hydrogens (primary N) is 1. The first-order chi connectivity index (χ1) is 5.25. The summed E-state index contributed by atoms with van der Waals surface area (Å²) in [4.78, 5) is 7.67. The maximum absolute atomic E-state index is 8.71. The Morgan fingerprint density at radius 3 is 3.00 bits per heavy atom. The highest BCUT2D eigenvalue weighted by Crippen LogP contribution is 2.16. The lowest BCUT2D eigenvalue weighted by molar-refractivity contribution is 0.265. The molecule has 3 N–H and O–H groups in total. The fraction of sp³-hybridized carbons (Fsp3) is 0.333. The van der Waals surface area contributed by atoms with E-state index in [1.54, 1.807) is 6.20 Å². The zero-order valence-electron chi connectivity index (χ0n) is 5.74. The van der Waals surface area contributed by atoms with Crippen LogP contribution in [0.15, 0.2) is 17.0 Å². The van der Waals surface area contributed by atoms with Crippen molar-refractivity contribution in [1.29, 1.82) is 0 Å². The van der Waals surface area contributed by atoms with E-state index in [9.17, 15) is 0 Å². The number of nitrogens with zero attached hydrogens (tertiary/aromatic N) is 2. The van der Waals surface area contributed by atoms with Crippen LogP contribution in [0, 0.1) is 0 Å². The van der Waals surface area contributed by atoms with Crippen LogP contribution in [0.1, 0.15) is 11.7 Å². The molecule has 0 saturated heterocycles. The third-order valence-corrected chi connectivity index (χ3v) is 1.85. The van der Waals surface area contributed by atoms with Crippen LogP contribution in [0.25, 0.3) is 0 Å². The second-order valence-electron chi connectivity index (χ2n) is 2.04. The molecule has 0 bridgehead atoms. The number of rotatable bonds is 2. The van der Waals surface area contributed by atoms with Crippen molar-refractivity contribution in [3.63, 3.8) is 0 Å². The summed E-state index contributed by atoms with van der Waals surface area (Å²) in [6.45, 7) is -0.115. The van der Waals surface area contributed by atoms with E-state index < -0.39 is 6.04 Å². The van der Waals surface area contributed by atoms with Gasteiger partial charge in [0.25, 0.3) is 0 Å². The molecule has 0 aliphatic heterocycles. The molecule has 1 rings (SSSR count). The van der Waals surface area contributed by atoms with Crippen LogP contribution in [0.4, 0.5) is 0 Å². The molecule has 0 fully saturated rings. The Morgan fingerprint density at radius 2 is 2.45 bits per heavy atom. The second kappa shape index (κ2) is 3.75. The molecular weight excluding hydrogens is 210 g/mol. The largest absolute Gasteiger partial charge is 0.394 e. The fourth-order valence-electron chi connectivity index (χ4n) is 0.681. The van der Waals surface area contributed by atoms with Crippen LogP contribution < -0.4 is 5.73 Å². The molecule has 0 radical (unpaired) electrons. The summed E-state index contributed by atoms with van der Waals surface area (Å²) in [6, 6.07) is -0.438. The lowest BCUT2D eigenvalue weighted by atomic mass is 10.2. The SMILES string of the molecule is NC(CO)c1ncncc1Br. The highest BCUT2D eigenvalue weighted by molar-refractivity contribution is 9.10. The smallest absolute Gasteiger partial charge is 0.115 e. The van der Waals surface area contributed by atoms with Gasteiger partial charge in [-0.15, -0.1) is 0 Å². The topological polar surface area (TPSA) is 72.0 Å². The third-order valence-electron chi connectivity index (χ3n) is 1.24. The minimum Gasteiger partial charge on any atom is -0.394 e. The van der Waals surface area contributed by atoms with Gasteiger partial charge in [-0.1, -0.05) is 0 Å². The van der Waals surface area contributed by atoms with Crippen molar-refractivity contribution in [3.8, 4) is 0 Å². The lowest BCUT2D eigenvalue weighted by Gasteiger charge is -2.07. The Bertz CT molecular complexity index is 243. The molecule has 1 atom stereocenters. The van der Waals surface area contributed by atoms with Crippen molar-refractivity contribution in [1.82, 2.24) is 9.97 Å². The lowest BCUT2D eigenvalue weighted by Crippen LogP contribution is -2.16. The van der Waals surface area contributed by atoms with Gasteiger partial charge in [-0.2, -0.15) is 0 Å². The van der Waals surface area contributed by atoms with Gasteiger partial charge in [0.15, 0.2) is 0 Å². The van der Waals surface area contributed by atoms with E-state index in [0.717, 1.165) is 4.47 Å². The van der Waals surface area contributed by atoms with Crippen LogP contribution in [0.5, 0.6) is 0 Å². The standard InChI is InChI=1S/C6H8BrN3O/c7-4-1-9-3-10-6(4)5(8)2-11/h1,3,5,11H,2,8H2. The summed E-state index contributed by atoms with van der Waals surface area (Å²) in [6.07, 6.45) is 2.99. The van der Waals surface area contributed by atoms with Gasteiger partial charge < -0.3 is 10.8 Å². The first-order valence-electron chi connectivity index (χ1n) is 3.07. The normalized spacial score (nSPS) is 13.0. The summed E-state index contributed by atoms with van der Waals surface area (Å²) >= 11 is 3.22. The van der Waals surface area contributed by atoms with E-state index in [4.69, 9.17) is 10.8 Å². The van der Waals surface area contributed by atoms with Crippen LogP contribution in [0.3, 0.4) is 0 Å². The maximum atomic E-state index is 8.71. The molecule has 0 aromatic carbocycles. The van der Waals surface area contributed by atoms with Crippen LogP contribution in [-0.2, 0) is 0 Å². The number of hydrogen-bond acceptors (Lipinski definition) is 4. The van der Waals surface area contributed by atoms with E-state index >= 15 is 0 Å². The summed E-state index contributed by atoms with van der Waals surface area (Å²) in [5.41, 5.74) is 6.15. The molecule has 60 valence electrons. The van der Waals surface area contributed by atoms with Crippen molar-refractivity contribution >= 4 is 15.9 Å². The Kier molecular flexibility index (Phi) is 2.92. The Hall–Kier alpha value is -0.520. The van der Waals surface area contributed by atoms with Gasteiger partial charge in [0.1, 0.15) is 6.33 Å². The van der Waals surface area contributed by atoms with Crippen molar-refractivity contribution < 1.29 is 5.11 Å². The molecule has 4 nitrogen and oxygen atoms in total. The van der Waals surface area contributed by atoms with Crippen LogP contribution in [0.2, 0.25) is 0 Å². The van der Waals surface area contributed by atoms with Gasteiger partial charge >= 0.3 is 0 Å². The molecule has 1 heterocycles. The monoisotopic (exact) mass is 217 g/mol. The molecule has 0 aliphatic rings. The van der Waals surface area contributed by atoms with E-state index in [-0.39, 0.29) is 6.61 Å². The minimum absolute atomic E-state index is 0.115. The Balaban J connectivity index is 2.93. The molecule has 0 aliphatic carbocycles. The first kappa shape index (κ1) is 8.58. The summed E-state index contributed by atoms with van der Waals surface area (Å²) in [7, 11) is 0. The average Bonchev–Trinajstić information content (AvgIpc) is 2.04. The summed E-state index contributed by atoms with van der Waals surface area (Å²) < 4.78 is 0.724. The molecule has 5 heteroatoms. The van der Waals surface area contributed by atoms with Crippen LogP contribution in [-0.4, -0.2) is 21.7 Å². The fourth-order valence-corrected chi connectivity index (χ4v) is 1.20. The van der Waals surface area contributed by atoms with Gasteiger partial charge in [-0.25, -0.2) is 9.97 Å². The zero-order chi connectivity index (χ0) is 8.27. The number of hydrogen-bond donors (Lipinski definition) is 2. The van der Waals surface area contributed by atoms with Gasteiger partial charge in [-0.3, -0.25) is 0 Å². The quantitative estimate of drug-likeness (QED) is 0.745. The average molecular weight is 218 g/mol. The van der Waals surface area contributed by atoms with E-state index in [2.05, 4.69) is 25.9 Å². The maximum Gasteiger partial charge on any atom is 0.115 e. The van der Waals surface area contributed by atoms with Gasteiger partial charge in [0.2, 0.25) is 0 Å². The molecule has 0 saturated carbocycles. The molecule has 0 amide bonds. The first-order valence-corrected chi connectivity index (χ1v) is 3.87. The van der Waals surface area contributed by atoms with Crippen LogP contribution >= 0.6 is 15.9 Å². The number of aromatic nitrogens is 2. The molecule has 0 spiro atoms. The Labute approximate surface area is 72.6 Å². The summed E-state index contributed by atoms with van der Waals surface area (Å²) in [5, 5.41) is 8.71. The molecule has 11 heavy (non-hydrogen) atoms. The summed E-state index contributed by atoms with van der Waals surface area (Å²) in [5.74, 6) is 0. The predicted molar refractivity (Wildman–Crippen MR) is 43.7 cm³/mol. The van der Waals surface area contributed by atoms with Crippen molar-refractivity contribution in [2.45, 2.75) is 6.04 Å². The van der Waals surface area contributed by atoms with Crippen molar-refractivity contribution in [2.24, 2.45) is 5.73 Å². The van der Waals surface area contributed by atoms with E-state index in [1.165, 1.54) is 6.33 Å². The molecule has 1 unspecified atom stereocenters. The van der Waals surface area contributed by atoms with E-state index in [1.807, 2.05) is 0 Å². The minimum atomic E-state index is -0.438. The zero-order valence-corrected chi connectivity index (χ0v) is 7.32. The third kappa shape index (κ3) is 1.95. The predicted octanol–water partition coefficient (Wildman–Crippen LogP) is 0.231. The highest BCUT2D eigenvalue weighted by atomic mass is 79.9.